The summed E-state index contributed by atoms with van der Waals surface area (Å²) in [5.41, 5.74) is 1.12. The summed E-state index contributed by atoms with van der Waals surface area (Å²) in [5, 5.41) is 3.09. The van der Waals surface area contributed by atoms with Crippen LogP contribution in [-0.4, -0.2) is 48.1 Å². The van der Waals surface area contributed by atoms with Crippen LogP contribution >= 0.6 is 15.9 Å². The van der Waals surface area contributed by atoms with Gasteiger partial charge in [0.15, 0.2) is 0 Å². The largest absolute Gasteiger partial charge is 0.336 e. The Morgan fingerprint density at radius 2 is 1.91 bits per heavy atom. The van der Waals surface area contributed by atoms with Crippen LogP contribution in [0.5, 0.6) is 0 Å². The molecule has 4 nitrogen and oxygen atoms in total. The van der Waals surface area contributed by atoms with Crippen molar-refractivity contribution in [2.45, 2.75) is 45.2 Å². The van der Waals surface area contributed by atoms with E-state index in [0.717, 1.165) is 23.1 Å². The molecule has 1 aliphatic heterocycles. The number of amides is 2. The third-order valence-electron chi connectivity index (χ3n) is 4.60. The van der Waals surface area contributed by atoms with Crippen LogP contribution in [0.4, 0.5) is 4.79 Å². The van der Waals surface area contributed by atoms with Gasteiger partial charge in [0.25, 0.3) is 0 Å². The first-order valence-electron chi connectivity index (χ1n) is 8.37. The molecule has 2 rings (SSSR count). The van der Waals surface area contributed by atoms with Gasteiger partial charge in [0.05, 0.1) is 0 Å². The highest BCUT2D eigenvalue weighted by atomic mass is 79.9. The number of urea groups is 1. The lowest BCUT2D eigenvalue weighted by Gasteiger charge is -2.41. The van der Waals surface area contributed by atoms with Crippen molar-refractivity contribution in [2.24, 2.45) is 0 Å². The molecule has 1 fully saturated rings. The van der Waals surface area contributed by atoms with E-state index < -0.39 is 0 Å². The number of halogens is 1. The van der Waals surface area contributed by atoms with E-state index in [1.807, 2.05) is 31.3 Å². The summed E-state index contributed by atoms with van der Waals surface area (Å²) in [7, 11) is 1.84. The summed E-state index contributed by atoms with van der Waals surface area (Å²) in [5.74, 6) is 0. The maximum atomic E-state index is 12.4. The summed E-state index contributed by atoms with van der Waals surface area (Å²) in [6.07, 6.45) is 3.85. The Balaban J connectivity index is 1.84. The number of nitrogens with zero attached hydrogens (tertiary/aromatic N) is 2. The van der Waals surface area contributed by atoms with E-state index in [0.29, 0.717) is 13.1 Å². The lowest BCUT2D eigenvalue weighted by Crippen LogP contribution is -2.54. The van der Waals surface area contributed by atoms with Crippen LogP contribution in [0.1, 0.15) is 38.7 Å². The van der Waals surface area contributed by atoms with Crippen molar-refractivity contribution < 1.29 is 4.79 Å². The van der Waals surface area contributed by atoms with Crippen LogP contribution in [0.25, 0.3) is 0 Å². The van der Waals surface area contributed by atoms with Crippen molar-refractivity contribution >= 4 is 22.0 Å². The van der Waals surface area contributed by atoms with Crippen LogP contribution in [0.2, 0.25) is 0 Å². The molecular formula is C18H28BrN3O. The molecule has 1 aromatic carbocycles. The van der Waals surface area contributed by atoms with Gasteiger partial charge in [-0.25, -0.2) is 4.79 Å². The average Bonchev–Trinajstić information content (AvgIpc) is 2.55. The summed E-state index contributed by atoms with van der Waals surface area (Å²) in [6.45, 7) is 7.97. The van der Waals surface area contributed by atoms with Crippen LogP contribution < -0.4 is 5.32 Å². The molecule has 0 spiro atoms. The molecule has 0 saturated carbocycles. The molecule has 0 aromatic heterocycles. The molecule has 1 aliphatic rings. The minimum absolute atomic E-state index is 0.00422. The first-order chi connectivity index (χ1) is 10.9. The summed E-state index contributed by atoms with van der Waals surface area (Å²) in [6, 6.07) is 7.98. The maximum Gasteiger partial charge on any atom is 0.317 e. The van der Waals surface area contributed by atoms with E-state index in [2.05, 4.69) is 40.0 Å². The van der Waals surface area contributed by atoms with Gasteiger partial charge in [0.2, 0.25) is 0 Å². The number of piperidine rings is 1. The van der Waals surface area contributed by atoms with Gasteiger partial charge in [-0.2, -0.15) is 0 Å². The second-order valence-corrected chi connectivity index (χ2v) is 7.82. The smallest absolute Gasteiger partial charge is 0.317 e. The normalized spacial score (nSPS) is 16.2. The lowest BCUT2D eigenvalue weighted by atomic mass is 9.98. The molecule has 1 N–H and O–H groups in total. The van der Waals surface area contributed by atoms with E-state index in [1.54, 1.807) is 4.90 Å². The van der Waals surface area contributed by atoms with Crippen LogP contribution in [0, 0.1) is 0 Å². The lowest BCUT2D eigenvalue weighted by molar-refractivity contribution is 0.0943. The SMILES string of the molecule is CN(Cc1ccccc1Br)C(=O)NCC(C)(C)N1CCCCC1. The summed E-state index contributed by atoms with van der Waals surface area (Å²) >= 11 is 3.53. The zero-order valence-electron chi connectivity index (χ0n) is 14.4. The molecule has 0 atom stereocenters. The van der Waals surface area contributed by atoms with E-state index in [4.69, 9.17) is 0 Å². The maximum absolute atomic E-state index is 12.4. The zero-order valence-corrected chi connectivity index (χ0v) is 16.0. The van der Waals surface area contributed by atoms with Crippen LogP contribution in [-0.2, 0) is 6.54 Å². The first-order valence-corrected chi connectivity index (χ1v) is 9.17. The van der Waals surface area contributed by atoms with Gasteiger partial charge in [-0.05, 0) is 51.4 Å². The average molecular weight is 382 g/mol. The van der Waals surface area contributed by atoms with E-state index in [1.165, 1.54) is 19.3 Å². The first kappa shape index (κ1) is 18.3. The highest BCUT2D eigenvalue weighted by Crippen LogP contribution is 2.20. The Morgan fingerprint density at radius 3 is 2.57 bits per heavy atom. The molecule has 0 bridgehead atoms. The molecule has 128 valence electrons. The van der Waals surface area contributed by atoms with Crippen molar-refractivity contribution in [2.75, 3.05) is 26.7 Å². The van der Waals surface area contributed by atoms with Crippen LogP contribution in [0.15, 0.2) is 28.7 Å². The number of likely N-dealkylation sites (tertiary alicyclic amines) is 1. The quantitative estimate of drug-likeness (QED) is 0.840. The molecule has 1 aromatic rings. The van der Waals surface area contributed by atoms with Crippen molar-refractivity contribution in [1.29, 1.82) is 0 Å². The van der Waals surface area contributed by atoms with Gasteiger partial charge in [-0.3, -0.25) is 4.90 Å². The predicted octanol–water partition coefficient (Wildman–Crippen LogP) is 3.86. The fourth-order valence-electron chi connectivity index (χ4n) is 2.99. The number of hydrogen-bond donors (Lipinski definition) is 1. The summed E-state index contributed by atoms with van der Waals surface area (Å²) < 4.78 is 1.04. The zero-order chi connectivity index (χ0) is 16.9. The van der Waals surface area contributed by atoms with Gasteiger partial charge in [-0.15, -0.1) is 0 Å². The minimum Gasteiger partial charge on any atom is -0.336 e. The third kappa shape index (κ3) is 5.21. The van der Waals surface area contributed by atoms with E-state index >= 15 is 0 Å². The number of carbonyl (C=O) groups excluding carboxylic acids is 1. The third-order valence-corrected chi connectivity index (χ3v) is 5.37. The number of benzene rings is 1. The molecule has 2 amide bonds. The van der Waals surface area contributed by atoms with Crippen molar-refractivity contribution in [1.82, 2.24) is 15.1 Å². The number of rotatable bonds is 5. The predicted molar refractivity (Wildman–Crippen MR) is 98.5 cm³/mol. The molecule has 0 radical (unpaired) electrons. The minimum atomic E-state index is -0.0224. The van der Waals surface area contributed by atoms with Gasteiger partial charge in [0.1, 0.15) is 0 Å². The van der Waals surface area contributed by atoms with Gasteiger partial charge < -0.3 is 10.2 Å². The molecule has 0 aliphatic carbocycles. The second-order valence-electron chi connectivity index (χ2n) is 6.97. The van der Waals surface area contributed by atoms with E-state index in [9.17, 15) is 4.79 Å². The molecule has 5 heteroatoms. The Hall–Kier alpha value is -1.07. The Bertz CT molecular complexity index is 527. The number of nitrogens with one attached hydrogen (secondary N) is 1. The molecule has 0 unspecified atom stereocenters. The van der Waals surface area contributed by atoms with E-state index in [-0.39, 0.29) is 11.6 Å². The number of carbonyl (C=O) groups is 1. The van der Waals surface area contributed by atoms with Gasteiger partial charge in [-0.1, -0.05) is 40.5 Å². The Kier molecular flexibility index (Phi) is 6.48. The van der Waals surface area contributed by atoms with Crippen molar-refractivity contribution in [3.63, 3.8) is 0 Å². The highest BCUT2D eigenvalue weighted by Gasteiger charge is 2.28. The summed E-state index contributed by atoms with van der Waals surface area (Å²) in [4.78, 5) is 16.6. The van der Waals surface area contributed by atoms with Crippen molar-refractivity contribution in [3.8, 4) is 0 Å². The fraction of sp³-hybridized carbons (Fsp3) is 0.611. The number of hydrogen-bond acceptors (Lipinski definition) is 2. The molecule has 23 heavy (non-hydrogen) atoms. The Labute approximate surface area is 148 Å². The van der Waals surface area contributed by atoms with Crippen LogP contribution in [0.3, 0.4) is 0 Å². The van der Waals surface area contributed by atoms with Gasteiger partial charge >= 0.3 is 6.03 Å². The second kappa shape index (κ2) is 8.15. The monoisotopic (exact) mass is 381 g/mol. The molecule has 1 saturated heterocycles. The van der Waals surface area contributed by atoms with Crippen molar-refractivity contribution in [3.05, 3.63) is 34.3 Å². The topological polar surface area (TPSA) is 35.6 Å². The molecular weight excluding hydrogens is 354 g/mol. The fourth-order valence-corrected chi connectivity index (χ4v) is 3.40. The Morgan fingerprint density at radius 1 is 1.26 bits per heavy atom. The standard InChI is InChI=1S/C18H28BrN3O/c1-18(2,22-11-7-4-8-12-22)14-20-17(23)21(3)13-15-9-5-6-10-16(15)19/h5-6,9-10H,4,7-8,11-14H2,1-3H3,(H,20,23). The molecule has 1 heterocycles. The van der Waals surface area contributed by atoms with Gasteiger partial charge in [0, 0.05) is 30.1 Å². The highest BCUT2D eigenvalue weighted by molar-refractivity contribution is 9.10.